The average molecular weight is 442 g/mol. The van der Waals surface area contributed by atoms with Gasteiger partial charge in [-0.2, -0.15) is 0 Å². The molecule has 1 unspecified atom stereocenters. The standard InChI is InChI=1S/C26H35NO3S/c1-13-4-6-16-15(10-13)5-7-18-17(16)8-9-26(3)23(18)21-14(2)22(21)24(26)19(28)11-27-20(29)12-31-25(27)30/h13-18,21,23H,4-12H2,1-3H3/t13-,14-,15+,16-,17+,18+,21+,23?,26-/m0/s1. The number of fused-ring (bicyclic) bond motifs is 7. The SMILES string of the molecule is C[C@H]1CC[C@H]2[C@H](CC[C@H]3C4[C@H]5C(=C(C(=O)CN6C(=O)CSC6=O)[C@@]4(C)CC[C@H]23)[C@H]5C)C1. The first-order chi connectivity index (χ1) is 14.8. The summed E-state index contributed by atoms with van der Waals surface area (Å²) in [6, 6.07) is 0. The Hall–Kier alpha value is -1.10. The molecule has 0 aromatic rings. The van der Waals surface area contributed by atoms with Crippen LogP contribution in [0.5, 0.6) is 0 Å². The van der Waals surface area contributed by atoms with Gasteiger partial charge in [0.05, 0.1) is 12.3 Å². The monoisotopic (exact) mass is 441 g/mol. The van der Waals surface area contributed by atoms with E-state index in [4.69, 9.17) is 0 Å². The number of hydrogen-bond acceptors (Lipinski definition) is 4. The Bertz CT molecular complexity index is 879. The molecule has 1 heterocycles. The Morgan fingerprint density at radius 2 is 1.84 bits per heavy atom. The zero-order valence-corrected chi connectivity index (χ0v) is 19.9. The molecule has 1 saturated heterocycles. The number of Topliss-reactive ketones (excluding diaryl/α,β-unsaturated/α-hetero) is 1. The van der Waals surface area contributed by atoms with Crippen LogP contribution in [-0.4, -0.2) is 34.1 Å². The van der Waals surface area contributed by atoms with Crippen LogP contribution in [0.1, 0.15) is 65.7 Å². The summed E-state index contributed by atoms with van der Waals surface area (Å²) in [5.41, 5.74) is 2.38. The van der Waals surface area contributed by atoms with Crippen LogP contribution in [-0.2, 0) is 9.59 Å². The summed E-state index contributed by atoms with van der Waals surface area (Å²) in [4.78, 5) is 39.0. The van der Waals surface area contributed by atoms with E-state index in [1.165, 1.54) is 49.0 Å². The molecule has 0 spiro atoms. The fraction of sp³-hybridized carbons (Fsp3) is 0.808. The van der Waals surface area contributed by atoms with Crippen LogP contribution in [0.25, 0.3) is 0 Å². The minimum Gasteiger partial charge on any atom is -0.292 e. The third-order valence-corrected chi connectivity index (χ3v) is 11.3. The van der Waals surface area contributed by atoms with Crippen molar-refractivity contribution in [1.82, 2.24) is 4.90 Å². The second-order valence-corrected chi connectivity index (χ2v) is 12.8. The summed E-state index contributed by atoms with van der Waals surface area (Å²) < 4.78 is 0. The zero-order chi connectivity index (χ0) is 21.7. The second-order valence-electron chi connectivity index (χ2n) is 11.8. The van der Waals surface area contributed by atoms with Gasteiger partial charge in [0, 0.05) is 5.57 Å². The predicted octanol–water partition coefficient (Wildman–Crippen LogP) is 5.32. The van der Waals surface area contributed by atoms with Gasteiger partial charge < -0.3 is 0 Å². The van der Waals surface area contributed by atoms with Crippen molar-refractivity contribution in [3.05, 3.63) is 11.1 Å². The number of hydrogen-bond donors (Lipinski definition) is 0. The van der Waals surface area contributed by atoms with Gasteiger partial charge in [-0.05, 0) is 91.3 Å². The van der Waals surface area contributed by atoms with Crippen LogP contribution in [0, 0.1) is 52.8 Å². The van der Waals surface area contributed by atoms with Crippen molar-refractivity contribution in [1.29, 1.82) is 0 Å². The van der Waals surface area contributed by atoms with E-state index in [1.807, 2.05) is 0 Å². The highest BCUT2D eigenvalue weighted by Gasteiger charge is 2.68. The third kappa shape index (κ3) is 2.83. The molecule has 2 amide bonds. The predicted molar refractivity (Wildman–Crippen MR) is 121 cm³/mol. The number of ketones is 1. The number of rotatable bonds is 3. The molecule has 168 valence electrons. The fourth-order valence-corrected chi connectivity index (χ4v) is 9.90. The van der Waals surface area contributed by atoms with Crippen molar-refractivity contribution in [3.8, 4) is 0 Å². The molecular weight excluding hydrogens is 406 g/mol. The van der Waals surface area contributed by atoms with Crippen LogP contribution in [0.15, 0.2) is 11.1 Å². The first-order valence-corrected chi connectivity index (χ1v) is 13.5. The van der Waals surface area contributed by atoms with Gasteiger partial charge in [-0.15, -0.1) is 0 Å². The average Bonchev–Trinajstić information content (AvgIpc) is 3.10. The lowest BCUT2D eigenvalue weighted by molar-refractivity contribution is -0.129. The molecule has 6 rings (SSSR count). The van der Waals surface area contributed by atoms with Gasteiger partial charge in [-0.25, -0.2) is 0 Å². The Balaban J connectivity index is 1.27. The second kappa shape index (κ2) is 6.95. The summed E-state index contributed by atoms with van der Waals surface area (Å²) in [7, 11) is 0. The van der Waals surface area contributed by atoms with Crippen molar-refractivity contribution in [2.24, 2.45) is 52.8 Å². The van der Waals surface area contributed by atoms with Crippen LogP contribution < -0.4 is 0 Å². The van der Waals surface area contributed by atoms with Gasteiger partial charge in [0.25, 0.3) is 5.24 Å². The Labute approximate surface area is 190 Å². The van der Waals surface area contributed by atoms with Crippen molar-refractivity contribution >= 4 is 28.7 Å². The first kappa shape index (κ1) is 20.5. The van der Waals surface area contributed by atoms with Gasteiger partial charge in [0.1, 0.15) is 0 Å². The highest BCUT2D eigenvalue weighted by molar-refractivity contribution is 8.14. The molecule has 6 aliphatic rings. The van der Waals surface area contributed by atoms with E-state index < -0.39 is 0 Å². The summed E-state index contributed by atoms with van der Waals surface area (Å²) >= 11 is 1.03. The molecule has 0 radical (unpaired) electrons. The van der Waals surface area contributed by atoms with E-state index >= 15 is 0 Å². The molecular formula is C26H35NO3S. The molecule has 5 aliphatic carbocycles. The summed E-state index contributed by atoms with van der Waals surface area (Å²) in [6.07, 6.45) is 9.35. The molecule has 4 nitrogen and oxygen atoms in total. The van der Waals surface area contributed by atoms with Crippen molar-refractivity contribution in [3.63, 3.8) is 0 Å². The van der Waals surface area contributed by atoms with E-state index in [2.05, 4.69) is 20.8 Å². The number of carbonyl (C=O) groups is 3. The minimum atomic E-state index is -0.252. The molecule has 0 aromatic heterocycles. The number of nitrogens with zero attached hydrogens (tertiary/aromatic N) is 1. The lowest BCUT2D eigenvalue weighted by atomic mass is 9.48. The van der Waals surface area contributed by atoms with Crippen molar-refractivity contribution in [2.45, 2.75) is 65.7 Å². The largest absolute Gasteiger partial charge is 0.292 e. The van der Waals surface area contributed by atoms with Gasteiger partial charge in [0.2, 0.25) is 5.91 Å². The number of carbonyl (C=O) groups excluding carboxylic acids is 3. The maximum Gasteiger partial charge on any atom is 0.289 e. The summed E-state index contributed by atoms with van der Waals surface area (Å²) in [5.74, 6) is 6.08. The molecule has 1 aliphatic heterocycles. The molecule has 0 bridgehead atoms. The van der Waals surface area contributed by atoms with Gasteiger partial charge in [0.15, 0.2) is 5.78 Å². The molecule has 9 atom stereocenters. The number of amides is 2. The molecule has 5 fully saturated rings. The molecule has 0 aromatic carbocycles. The van der Waals surface area contributed by atoms with Crippen LogP contribution in [0.4, 0.5) is 4.79 Å². The smallest absolute Gasteiger partial charge is 0.289 e. The summed E-state index contributed by atoms with van der Waals surface area (Å²) in [6.45, 7) is 7.05. The van der Waals surface area contributed by atoms with Crippen molar-refractivity contribution < 1.29 is 14.4 Å². The first-order valence-electron chi connectivity index (χ1n) is 12.6. The Morgan fingerprint density at radius 1 is 1.06 bits per heavy atom. The molecule has 0 N–H and O–H groups in total. The molecule has 31 heavy (non-hydrogen) atoms. The Morgan fingerprint density at radius 3 is 2.58 bits per heavy atom. The lowest BCUT2D eigenvalue weighted by Gasteiger charge is -2.56. The Kier molecular flexibility index (Phi) is 4.60. The molecule has 5 heteroatoms. The molecule has 4 saturated carbocycles. The topological polar surface area (TPSA) is 54.5 Å². The zero-order valence-electron chi connectivity index (χ0n) is 19.1. The third-order valence-electron chi connectivity index (χ3n) is 10.4. The van der Waals surface area contributed by atoms with Crippen LogP contribution in [0.2, 0.25) is 0 Å². The van der Waals surface area contributed by atoms with Gasteiger partial charge in [-0.3, -0.25) is 19.3 Å². The normalized spacial score (nSPS) is 48.3. The summed E-state index contributed by atoms with van der Waals surface area (Å²) in [5, 5.41) is -0.252. The fourth-order valence-electron chi connectivity index (χ4n) is 9.18. The quantitative estimate of drug-likeness (QED) is 0.595. The lowest BCUT2D eigenvalue weighted by Crippen LogP contribution is -2.50. The van der Waals surface area contributed by atoms with Crippen LogP contribution in [0.3, 0.4) is 0 Å². The number of thioether (sulfide) groups is 1. The highest BCUT2D eigenvalue weighted by Crippen LogP contribution is 2.74. The van der Waals surface area contributed by atoms with E-state index in [0.717, 1.165) is 53.3 Å². The number of allylic oxidation sites excluding steroid dienone is 1. The van der Waals surface area contributed by atoms with E-state index in [1.54, 1.807) is 0 Å². The maximum absolute atomic E-state index is 13.5. The van der Waals surface area contributed by atoms with Gasteiger partial charge >= 0.3 is 0 Å². The van der Waals surface area contributed by atoms with E-state index in [0.29, 0.717) is 17.8 Å². The van der Waals surface area contributed by atoms with E-state index in [-0.39, 0.29) is 34.6 Å². The number of imide groups is 1. The minimum absolute atomic E-state index is 0.0397. The maximum atomic E-state index is 13.5. The van der Waals surface area contributed by atoms with E-state index in [9.17, 15) is 14.4 Å². The van der Waals surface area contributed by atoms with Gasteiger partial charge in [-0.1, -0.05) is 44.5 Å². The van der Waals surface area contributed by atoms with Crippen LogP contribution >= 0.6 is 11.8 Å². The highest BCUT2D eigenvalue weighted by atomic mass is 32.2. The van der Waals surface area contributed by atoms with Crippen molar-refractivity contribution in [2.75, 3.05) is 12.3 Å².